The van der Waals surface area contributed by atoms with Gasteiger partial charge >= 0.3 is 0 Å². The molecule has 6 heteroatoms. The Balaban J connectivity index is 1.76. The SMILES string of the molecule is CCCC(=O)NC(c1ccc(N2CCCC2)cc1)C1(C)CC(Cl)=c2cccnc2=C1O. The number of fused-ring (bicyclic) bond motifs is 1. The van der Waals surface area contributed by atoms with E-state index in [1.165, 1.54) is 18.5 Å². The van der Waals surface area contributed by atoms with Crippen LogP contribution in [-0.2, 0) is 4.79 Å². The summed E-state index contributed by atoms with van der Waals surface area (Å²) < 4.78 is 0. The zero-order valence-electron chi connectivity index (χ0n) is 18.2. The number of anilines is 1. The highest BCUT2D eigenvalue weighted by Gasteiger charge is 2.43. The summed E-state index contributed by atoms with van der Waals surface area (Å²) in [4.78, 5) is 19.4. The van der Waals surface area contributed by atoms with E-state index in [0.29, 0.717) is 23.2 Å². The fourth-order valence-corrected chi connectivity index (χ4v) is 5.18. The number of hydrogen-bond donors (Lipinski definition) is 2. The van der Waals surface area contributed by atoms with Crippen molar-refractivity contribution in [3.8, 4) is 0 Å². The summed E-state index contributed by atoms with van der Waals surface area (Å²) in [6, 6.07) is 11.6. The molecule has 164 valence electrons. The van der Waals surface area contributed by atoms with Gasteiger partial charge in [-0.3, -0.25) is 9.78 Å². The third-order valence-electron chi connectivity index (χ3n) is 6.50. The molecule has 0 bridgehead atoms. The minimum absolute atomic E-state index is 0.0342. The van der Waals surface area contributed by atoms with E-state index < -0.39 is 11.5 Å². The number of aromatic nitrogens is 1. The number of rotatable bonds is 6. The molecule has 1 aliphatic heterocycles. The molecular formula is C25H30ClN3O2. The Kier molecular flexibility index (Phi) is 6.24. The quantitative estimate of drug-likeness (QED) is 0.719. The van der Waals surface area contributed by atoms with Crippen molar-refractivity contribution in [3.05, 3.63) is 58.7 Å². The molecule has 1 aliphatic carbocycles. The maximum atomic E-state index is 12.7. The Hall–Kier alpha value is -2.53. The van der Waals surface area contributed by atoms with Gasteiger partial charge in [-0.25, -0.2) is 0 Å². The summed E-state index contributed by atoms with van der Waals surface area (Å²) in [5.74, 6) is 0.131. The van der Waals surface area contributed by atoms with Crippen molar-refractivity contribution in [1.82, 2.24) is 10.3 Å². The Labute approximate surface area is 188 Å². The molecule has 2 heterocycles. The van der Waals surface area contributed by atoms with Gasteiger partial charge in [0.1, 0.15) is 11.1 Å². The van der Waals surface area contributed by atoms with Gasteiger partial charge in [0.15, 0.2) is 0 Å². The predicted molar refractivity (Wildman–Crippen MR) is 125 cm³/mol. The van der Waals surface area contributed by atoms with Crippen molar-refractivity contribution in [2.75, 3.05) is 18.0 Å². The average Bonchev–Trinajstić information content (AvgIpc) is 3.31. The van der Waals surface area contributed by atoms with Crippen molar-refractivity contribution in [3.63, 3.8) is 0 Å². The first kappa shape index (κ1) is 21.7. The Morgan fingerprint density at radius 2 is 1.97 bits per heavy atom. The molecule has 1 saturated heterocycles. The number of aliphatic hydroxyl groups is 1. The second kappa shape index (κ2) is 8.91. The standard InChI is InChI=1S/C25H30ClN3O2/c1-3-7-21(30)28-23(17-9-11-18(12-10-17)29-14-4-5-15-29)25(2)16-20(26)19-8-6-13-27-22(19)24(25)31/h6,8-13,23,31H,3-5,7,14-16H2,1-2H3,(H,28,30). The molecule has 2 aliphatic rings. The highest BCUT2D eigenvalue weighted by Crippen LogP contribution is 2.46. The number of amides is 1. The molecule has 2 atom stereocenters. The molecule has 2 unspecified atom stereocenters. The number of nitrogens with zero attached hydrogens (tertiary/aromatic N) is 2. The van der Waals surface area contributed by atoms with Crippen molar-refractivity contribution in [1.29, 1.82) is 0 Å². The van der Waals surface area contributed by atoms with Crippen LogP contribution in [0.3, 0.4) is 0 Å². The van der Waals surface area contributed by atoms with Crippen molar-refractivity contribution >= 4 is 34.0 Å². The number of benzene rings is 1. The fourth-order valence-electron chi connectivity index (χ4n) is 4.75. The van der Waals surface area contributed by atoms with Crippen LogP contribution in [0.4, 0.5) is 5.69 Å². The molecule has 2 N–H and O–H groups in total. The zero-order chi connectivity index (χ0) is 22.0. The highest BCUT2D eigenvalue weighted by atomic mass is 35.5. The monoisotopic (exact) mass is 439 g/mol. The fraction of sp³-hybridized carbons (Fsp3) is 0.440. The topological polar surface area (TPSA) is 65.5 Å². The van der Waals surface area contributed by atoms with Crippen LogP contribution in [0.5, 0.6) is 0 Å². The lowest BCUT2D eigenvalue weighted by Crippen LogP contribution is -2.47. The van der Waals surface area contributed by atoms with Crippen LogP contribution < -0.4 is 20.8 Å². The lowest BCUT2D eigenvalue weighted by molar-refractivity contribution is -0.122. The van der Waals surface area contributed by atoms with Crippen molar-refractivity contribution in [2.24, 2.45) is 5.41 Å². The minimum atomic E-state index is -0.809. The van der Waals surface area contributed by atoms with Crippen LogP contribution in [0, 0.1) is 5.41 Å². The Bertz CT molecular complexity index is 1080. The van der Waals surface area contributed by atoms with Gasteiger partial charge in [-0.15, -0.1) is 0 Å². The number of carbonyl (C=O) groups is 1. The van der Waals surface area contributed by atoms with Crippen LogP contribution in [0.2, 0.25) is 0 Å². The minimum Gasteiger partial charge on any atom is -0.509 e. The summed E-state index contributed by atoms with van der Waals surface area (Å²) in [6.07, 6.45) is 5.71. The van der Waals surface area contributed by atoms with E-state index in [9.17, 15) is 9.90 Å². The molecule has 1 aromatic carbocycles. The number of nitrogens with one attached hydrogen (secondary N) is 1. The first-order chi connectivity index (χ1) is 14.9. The first-order valence-corrected chi connectivity index (χ1v) is 11.5. The van der Waals surface area contributed by atoms with E-state index in [0.717, 1.165) is 30.3 Å². The molecule has 1 aromatic heterocycles. The summed E-state index contributed by atoms with van der Waals surface area (Å²) in [5, 5.41) is 16.4. The van der Waals surface area contributed by atoms with Gasteiger partial charge in [-0.05, 0) is 62.4 Å². The molecule has 0 radical (unpaired) electrons. The molecule has 4 rings (SSSR count). The van der Waals surface area contributed by atoms with Gasteiger partial charge in [-0.1, -0.05) is 30.7 Å². The van der Waals surface area contributed by atoms with Crippen LogP contribution >= 0.6 is 11.6 Å². The summed E-state index contributed by atoms with van der Waals surface area (Å²) >= 11 is 6.67. The second-order valence-corrected chi connectivity index (χ2v) is 9.24. The van der Waals surface area contributed by atoms with Gasteiger partial charge < -0.3 is 15.3 Å². The Morgan fingerprint density at radius 1 is 1.26 bits per heavy atom. The van der Waals surface area contributed by atoms with E-state index in [2.05, 4.69) is 39.5 Å². The first-order valence-electron chi connectivity index (χ1n) is 11.1. The van der Waals surface area contributed by atoms with E-state index in [-0.39, 0.29) is 11.7 Å². The number of carbonyl (C=O) groups excluding carboxylic acids is 1. The lowest BCUT2D eigenvalue weighted by Gasteiger charge is -2.39. The molecule has 31 heavy (non-hydrogen) atoms. The van der Waals surface area contributed by atoms with Gasteiger partial charge in [0, 0.05) is 41.6 Å². The predicted octanol–water partition coefficient (Wildman–Crippen LogP) is 3.76. The number of hydrogen-bond acceptors (Lipinski definition) is 4. The number of aliphatic hydroxyl groups excluding tert-OH is 1. The summed E-state index contributed by atoms with van der Waals surface area (Å²) in [6.45, 7) is 6.09. The lowest BCUT2D eigenvalue weighted by atomic mass is 9.72. The van der Waals surface area contributed by atoms with E-state index in [4.69, 9.17) is 11.6 Å². The largest absolute Gasteiger partial charge is 0.509 e. The molecule has 2 aromatic rings. The van der Waals surface area contributed by atoms with E-state index in [1.807, 2.05) is 26.0 Å². The van der Waals surface area contributed by atoms with Crippen LogP contribution in [0.15, 0.2) is 42.6 Å². The molecular weight excluding hydrogens is 410 g/mol. The van der Waals surface area contributed by atoms with Gasteiger partial charge in [0.25, 0.3) is 0 Å². The number of halogens is 1. The highest BCUT2D eigenvalue weighted by molar-refractivity contribution is 6.45. The van der Waals surface area contributed by atoms with E-state index in [1.54, 1.807) is 6.20 Å². The van der Waals surface area contributed by atoms with Gasteiger partial charge in [-0.2, -0.15) is 0 Å². The molecule has 5 nitrogen and oxygen atoms in total. The zero-order valence-corrected chi connectivity index (χ0v) is 19.0. The van der Waals surface area contributed by atoms with Crippen LogP contribution in [0.25, 0.3) is 10.8 Å². The summed E-state index contributed by atoms with van der Waals surface area (Å²) in [5.41, 5.74) is 1.33. The van der Waals surface area contributed by atoms with E-state index >= 15 is 0 Å². The number of pyridine rings is 1. The molecule has 0 saturated carbocycles. The second-order valence-electron chi connectivity index (χ2n) is 8.78. The third-order valence-corrected chi connectivity index (χ3v) is 6.84. The molecule has 0 spiro atoms. The molecule has 1 fully saturated rings. The van der Waals surface area contributed by atoms with Crippen LogP contribution in [0.1, 0.15) is 57.6 Å². The van der Waals surface area contributed by atoms with Gasteiger partial charge in [0.05, 0.1) is 11.5 Å². The smallest absolute Gasteiger partial charge is 0.220 e. The third kappa shape index (κ3) is 4.16. The maximum Gasteiger partial charge on any atom is 0.220 e. The molecule has 1 amide bonds. The van der Waals surface area contributed by atoms with Crippen molar-refractivity contribution < 1.29 is 9.90 Å². The Morgan fingerprint density at radius 3 is 2.65 bits per heavy atom. The summed E-state index contributed by atoms with van der Waals surface area (Å²) in [7, 11) is 0. The normalized spacial score (nSPS) is 21.7. The maximum absolute atomic E-state index is 12.7. The average molecular weight is 440 g/mol. The van der Waals surface area contributed by atoms with Crippen molar-refractivity contribution in [2.45, 2.75) is 52.0 Å². The van der Waals surface area contributed by atoms with Gasteiger partial charge in [0.2, 0.25) is 5.91 Å². The van der Waals surface area contributed by atoms with Crippen LogP contribution in [-0.4, -0.2) is 29.1 Å².